The zero-order valence-corrected chi connectivity index (χ0v) is 10.2. The highest BCUT2D eigenvalue weighted by Crippen LogP contribution is 2.24. The molecule has 0 aromatic heterocycles. The smallest absolute Gasteiger partial charge is 0.133 e. The highest BCUT2D eigenvalue weighted by molar-refractivity contribution is 14.1. The van der Waals surface area contributed by atoms with Crippen molar-refractivity contribution < 1.29 is 4.74 Å². The second-order valence-corrected chi connectivity index (χ2v) is 4.05. The van der Waals surface area contributed by atoms with Crippen molar-refractivity contribution in [1.29, 1.82) is 0 Å². The van der Waals surface area contributed by atoms with Gasteiger partial charge in [-0.2, -0.15) is 0 Å². The van der Waals surface area contributed by atoms with Crippen LogP contribution in [0.15, 0.2) is 30.4 Å². The Hall–Kier alpha value is -0.220. The van der Waals surface area contributed by atoms with Crippen molar-refractivity contribution in [3.8, 4) is 5.75 Å². The van der Waals surface area contributed by atoms with Crippen LogP contribution in [0.3, 0.4) is 0 Å². The lowest BCUT2D eigenvalue weighted by Gasteiger charge is -2.05. The van der Waals surface area contributed by atoms with E-state index in [4.69, 9.17) is 16.3 Å². The van der Waals surface area contributed by atoms with Gasteiger partial charge in [-0.15, -0.1) is 0 Å². The zero-order valence-electron chi connectivity index (χ0n) is 7.26. The third-order valence-electron chi connectivity index (χ3n) is 1.46. The largest absolute Gasteiger partial charge is 0.488 e. The Labute approximate surface area is 96.9 Å². The molecule has 1 rings (SSSR count). The van der Waals surface area contributed by atoms with E-state index in [0.29, 0.717) is 6.61 Å². The summed E-state index contributed by atoms with van der Waals surface area (Å²) >= 11 is 8.01. The first-order valence-corrected chi connectivity index (χ1v) is 5.38. The minimum Gasteiger partial charge on any atom is -0.488 e. The summed E-state index contributed by atoms with van der Waals surface area (Å²) in [4.78, 5) is 0. The van der Waals surface area contributed by atoms with Crippen LogP contribution in [-0.2, 0) is 0 Å². The van der Waals surface area contributed by atoms with Crippen molar-refractivity contribution in [3.05, 3.63) is 38.9 Å². The van der Waals surface area contributed by atoms with Gasteiger partial charge >= 0.3 is 0 Å². The van der Waals surface area contributed by atoms with E-state index in [-0.39, 0.29) is 0 Å². The molecule has 0 unspecified atom stereocenters. The summed E-state index contributed by atoms with van der Waals surface area (Å²) < 4.78 is 6.52. The average Bonchev–Trinajstić information content (AvgIpc) is 2.09. The van der Waals surface area contributed by atoms with Crippen molar-refractivity contribution in [1.82, 2.24) is 0 Å². The minimum absolute atomic E-state index is 0.605. The predicted octanol–water partition coefficient (Wildman–Crippen LogP) is 3.90. The SMILES string of the molecule is CC=CCOc1ccc(Cl)cc1I. The molecule has 0 aliphatic rings. The number of ether oxygens (including phenoxy) is 1. The molecule has 0 bridgehead atoms. The molecule has 13 heavy (non-hydrogen) atoms. The first kappa shape index (κ1) is 10.9. The van der Waals surface area contributed by atoms with E-state index in [1.165, 1.54) is 0 Å². The van der Waals surface area contributed by atoms with Crippen LogP contribution in [0.1, 0.15) is 6.92 Å². The Morgan fingerprint density at radius 3 is 2.92 bits per heavy atom. The second kappa shape index (κ2) is 5.50. The molecule has 0 N–H and O–H groups in total. The molecule has 0 spiro atoms. The normalized spacial score (nSPS) is 10.7. The fourth-order valence-corrected chi connectivity index (χ4v) is 1.85. The fraction of sp³-hybridized carbons (Fsp3) is 0.200. The molecule has 0 aliphatic heterocycles. The standard InChI is InChI=1S/C10H10ClIO/c1-2-3-6-13-10-5-4-8(11)7-9(10)12/h2-5,7H,6H2,1H3. The molecule has 0 fully saturated rings. The van der Waals surface area contributed by atoms with E-state index in [2.05, 4.69) is 22.6 Å². The summed E-state index contributed by atoms with van der Waals surface area (Å²) in [6.07, 6.45) is 3.92. The van der Waals surface area contributed by atoms with Crippen molar-refractivity contribution in [3.63, 3.8) is 0 Å². The van der Waals surface area contributed by atoms with Crippen LogP contribution in [0.5, 0.6) is 5.75 Å². The number of benzene rings is 1. The van der Waals surface area contributed by atoms with Crippen molar-refractivity contribution >= 4 is 34.2 Å². The lowest BCUT2D eigenvalue weighted by atomic mass is 10.3. The van der Waals surface area contributed by atoms with E-state index in [0.717, 1.165) is 14.3 Å². The van der Waals surface area contributed by atoms with E-state index in [1.54, 1.807) is 0 Å². The Balaban J connectivity index is 2.66. The van der Waals surface area contributed by atoms with E-state index >= 15 is 0 Å². The van der Waals surface area contributed by atoms with Crippen LogP contribution in [0.4, 0.5) is 0 Å². The molecule has 0 radical (unpaired) electrons. The first-order valence-electron chi connectivity index (χ1n) is 3.93. The lowest BCUT2D eigenvalue weighted by Crippen LogP contribution is -1.94. The maximum atomic E-state index is 5.80. The van der Waals surface area contributed by atoms with Gasteiger partial charge in [0.15, 0.2) is 0 Å². The molecule has 1 aromatic rings. The van der Waals surface area contributed by atoms with Crippen LogP contribution in [0, 0.1) is 3.57 Å². The highest BCUT2D eigenvalue weighted by Gasteiger charge is 1.99. The Bertz CT molecular complexity index is 310. The van der Waals surface area contributed by atoms with Gasteiger partial charge in [-0.3, -0.25) is 0 Å². The quantitative estimate of drug-likeness (QED) is 0.608. The van der Waals surface area contributed by atoms with Crippen molar-refractivity contribution in [2.45, 2.75) is 6.92 Å². The van der Waals surface area contributed by atoms with Gasteiger partial charge in [0.05, 0.1) is 3.57 Å². The fourth-order valence-electron chi connectivity index (χ4n) is 0.826. The molecule has 3 heteroatoms. The third-order valence-corrected chi connectivity index (χ3v) is 2.54. The average molecular weight is 309 g/mol. The van der Waals surface area contributed by atoms with Gasteiger partial charge < -0.3 is 4.74 Å². The van der Waals surface area contributed by atoms with Gasteiger partial charge in [0.2, 0.25) is 0 Å². The highest BCUT2D eigenvalue weighted by atomic mass is 127. The van der Waals surface area contributed by atoms with Gasteiger partial charge in [-0.1, -0.05) is 23.8 Å². The number of halogens is 2. The molecular formula is C10H10ClIO. The van der Waals surface area contributed by atoms with Gasteiger partial charge in [0, 0.05) is 5.02 Å². The van der Waals surface area contributed by atoms with E-state index in [9.17, 15) is 0 Å². The van der Waals surface area contributed by atoms with Gasteiger partial charge in [-0.05, 0) is 47.7 Å². The van der Waals surface area contributed by atoms with Gasteiger partial charge in [-0.25, -0.2) is 0 Å². The lowest BCUT2D eigenvalue weighted by molar-refractivity contribution is 0.360. The van der Waals surface area contributed by atoms with Crippen LogP contribution < -0.4 is 4.74 Å². The third kappa shape index (κ3) is 3.56. The number of hydrogen-bond acceptors (Lipinski definition) is 1. The van der Waals surface area contributed by atoms with Crippen LogP contribution in [0.25, 0.3) is 0 Å². The van der Waals surface area contributed by atoms with Crippen LogP contribution in [0.2, 0.25) is 5.02 Å². The molecule has 0 heterocycles. The monoisotopic (exact) mass is 308 g/mol. The second-order valence-electron chi connectivity index (χ2n) is 2.45. The zero-order chi connectivity index (χ0) is 9.68. The maximum absolute atomic E-state index is 5.80. The molecule has 0 atom stereocenters. The molecule has 1 nitrogen and oxygen atoms in total. The maximum Gasteiger partial charge on any atom is 0.133 e. The Morgan fingerprint density at radius 2 is 2.31 bits per heavy atom. The topological polar surface area (TPSA) is 9.23 Å². The molecular weight excluding hydrogens is 298 g/mol. The van der Waals surface area contributed by atoms with Crippen LogP contribution in [-0.4, -0.2) is 6.61 Å². The number of hydrogen-bond donors (Lipinski definition) is 0. The molecule has 0 aliphatic carbocycles. The number of allylic oxidation sites excluding steroid dienone is 1. The summed E-state index contributed by atoms with van der Waals surface area (Å²) in [6.45, 7) is 2.57. The minimum atomic E-state index is 0.605. The van der Waals surface area contributed by atoms with Crippen molar-refractivity contribution in [2.75, 3.05) is 6.61 Å². The summed E-state index contributed by atoms with van der Waals surface area (Å²) in [5.74, 6) is 0.878. The van der Waals surface area contributed by atoms with Crippen LogP contribution >= 0.6 is 34.2 Å². The van der Waals surface area contributed by atoms with E-state index in [1.807, 2.05) is 37.3 Å². The summed E-state index contributed by atoms with van der Waals surface area (Å²) in [7, 11) is 0. The van der Waals surface area contributed by atoms with Crippen molar-refractivity contribution in [2.24, 2.45) is 0 Å². The molecule has 70 valence electrons. The first-order chi connectivity index (χ1) is 6.24. The summed E-state index contributed by atoms with van der Waals surface area (Å²) in [6, 6.07) is 5.59. The molecule has 0 saturated carbocycles. The van der Waals surface area contributed by atoms with Gasteiger partial charge in [0.25, 0.3) is 0 Å². The molecule has 0 saturated heterocycles. The Kier molecular flexibility index (Phi) is 4.59. The number of rotatable bonds is 3. The molecule has 0 amide bonds. The predicted molar refractivity (Wildman–Crippen MR) is 64.5 cm³/mol. The summed E-state index contributed by atoms with van der Waals surface area (Å²) in [5, 5.41) is 0.739. The molecule has 1 aromatic carbocycles. The Morgan fingerprint density at radius 1 is 1.54 bits per heavy atom. The van der Waals surface area contributed by atoms with E-state index < -0.39 is 0 Å². The summed E-state index contributed by atoms with van der Waals surface area (Å²) in [5.41, 5.74) is 0. The van der Waals surface area contributed by atoms with Gasteiger partial charge in [0.1, 0.15) is 12.4 Å².